The van der Waals surface area contributed by atoms with Crippen molar-refractivity contribution in [1.29, 1.82) is 0 Å². The summed E-state index contributed by atoms with van der Waals surface area (Å²) in [6.07, 6.45) is 16.1. The van der Waals surface area contributed by atoms with Crippen LogP contribution in [0.15, 0.2) is 55.7 Å². The van der Waals surface area contributed by atoms with Crippen molar-refractivity contribution in [2.24, 2.45) is 0 Å². The molecular weight excluding hydrogens is 426 g/mol. The van der Waals surface area contributed by atoms with E-state index < -0.39 is 0 Å². The molecule has 0 aliphatic heterocycles. The Balaban J connectivity index is 1.46. The molecule has 0 saturated heterocycles. The average Bonchev–Trinajstić information content (AvgIpc) is 3.23. The first-order valence-corrected chi connectivity index (χ1v) is 11.7. The quantitative estimate of drug-likeness (QED) is 0.355. The highest BCUT2D eigenvalue weighted by Crippen LogP contribution is 2.33. The van der Waals surface area contributed by atoms with E-state index in [0.29, 0.717) is 18.8 Å². The van der Waals surface area contributed by atoms with Crippen LogP contribution in [0, 0.1) is 6.92 Å². The normalized spacial score (nSPS) is 15.4. The first kappa shape index (κ1) is 23.5. The molecule has 8 heteroatoms. The molecule has 4 rings (SSSR count). The van der Waals surface area contributed by atoms with Gasteiger partial charge in [-0.05, 0) is 50.3 Å². The molecule has 1 aliphatic carbocycles. The van der Waals surface area contributed by atoms with Gasteiger partial charge in [0.2, 0.25) is 0 Å². The molecule has 3 heterocycles. The molecule has 0 fully saturated rings. The number of rotatable bonds is 10. The Kier molecular flexibility index (Phi) is 7.93. The fourth-order valence-corrected chi connectivity index (χ4v) is 4.40. The van der Waals surface area contributed by atoms with Gasteiger partial charge in [-0.15, -0.1) is 0 Å². The standard InChI is InChI=1S/C26H31N7O/c1-3-4-10-21-19(2)31-24(32-21)18-33(23-11-5-8-20-9-6-12-29-25(20)23)16-7-13-30-26(34)22-17-27-14-15-28-22/h3-4,6,9-10,12,14-15,17,23H,1,5,7-8,11,13,16,18H2,2H3,(H,30,34)(H,31,32)/b10-4-. The summed E-state index contributed by atoms with van der Waals surface area (Å²) >= 11 is 0. The number of aromatic nitrogens is 5. The fourth-order valence-electron chi connectivity index (χ4n) is 4.40. The zero-order valence-corrected chi connectivity index (χ0v) is 19.6. The van der Waals surface area contributed by atoms with E-state index in [9.17, 15) is 4.79 Å². The fraction of sp³-hybridized carbons (Fsp3) is 0.346. The van der Waals surface area contributed by atoms with E-state index in [-0.39, 0.29) is 11.9 Å². The van der Waals surface area contributed by atoms with Crippen LogP contribution in [0.3, 0.4) is 0 Å². The number of imidazole rings is 1. The van der Waals surface area contributed by atoms with E-state index >= 15 is 0 Å². The van der Waals surface area contributed by atoms with Crippen molar-refractivity contribution in [1.82, 2.24) is 35.1 Å². The number of aryl methyl sites for hydroxylation is 2. The van der Waals surface area contributed by atoms with E-state index in [2.05, 4.69) is 37.8 Å². The van der Waals surface area contributed by atoms with Crippen LogP contribution < -0.4 is 5.32 Å². The number of hydrogen-bond donors (Lipinski definition) is 2. The second-order valence-electron chi connectivity index (χ2n) is 8.41. The Labute approximate surface area is 200 Å². The molecule has 0 saturated carbocycles. The number of fused-ring (bicyclic) bond motifs is 1. The van der Waals surface area contributed by atoms with Crippen LogP contribution in [0.1, 0.15) is 64.3 Å². The minimum Gasteiger partial charge on any atom is -0.351 e. The van der Waals surface area contributed by atoms with Gasteiger partial charge in [-0.3, -0.25) is 19.7 Å². The third-order valence-corrected chi connectivity index (χ3v) is 6.02. The van der Waals surface area contributed by atoms with Crippen LogP contribution in [0.5, 0.6) is 0 Å². The van der Waals surface area contributed by atoms with Crippen molar-refractivity contribution in [2.75, 3.05) is 13.1 Å². The lowest BCUT2D eigenvalue weighted by Gasteiger charge is -2.34. The third-order valence-electron chi connectivity index (χ3n) is 6.02. The summed E-state index contributed by atoms with van der Waals surface area (Å²) in [4.78, 5) is 35.7. The van der Waals surface area contributed by atoms with Crippen LogP contribution >= 0.6 is 0 Å². The van der Waals surface area contributed by atoms with Crippen molar-refractivity contribution in [3.8, 4) is 0 Å². The highest BCUT2D eigenvalue weighted by molar-refractivity contribution is 5.91. The topological polar surface area (TPSA) is 99.7 Å². The highest BCUT2D eigenvalue weighted by atomic mass is 16.1. The number of carbonyl (C=O) groups excluding carboxylic acids is 1. The molecule has 8 nitrogen and oxygen atoms in total. The lowest BCUT2D eigenvalue weighted by molar-refractivity contribution is 0.0943. The predicted octanol–water partition coefficient (Wildman–Crippen LogP) is 3.80. The van der Waals surface area contributed by atoms with Gasteiger partial charge in [-0.1, -0.05) is 24.8 Å². The number of hydrogen-bond acceptors (Lipinski definition) is 6. The minimum absolute atomic E-state index is 0.204. The predicted molar refractivity (Wildman–Crippen MR) is 132 cm³/mol. The van der Waals surface area contributed by atoms with Gasteiger partial charge < -0.3 is 10.3 Å². The van der Waals surface area contributed by atoms with Crippen LogP contribution in [0.2, 0.25) is 0 Å². The highest BCUT2D eigenvalue weighted by Gasteiger charge is 2.27. The van der Waals surface area contributed by atoms with E-state index in [1.807, 2.05) is 31.3 Å². The summed E-state index contributed by atoms with van der Waals surface area (Å²) in [5.74, 6) is 0.720. The van der Waals surface area contributed by atoms with Gasteiger partial charge in [0.05, 0.1) is 30.2 Å². The summed E-state index contributed by atoms with van der Waals surface area (Å²) < 4.78 is 0. The number of allylic oxidation sites excluding steroid dienone is 2. The summed E-state index contributed by atoms with van der Waals surface area (Å²) in [6.45, 7) is 7.81. The van der Waals surface area contributed by atoms with Crippen LogP contribution in [0.4, 0.5) is 0 Å². The number of carbonyl (C=O) groups is 1. The Morgan fingerprint density at radius 1 is 1.32 bits per heavy atom. The van der Waals surface area contributed by atoms with Crippen LogP contribution in [-0.2, 0) is 13.0 Å². The SMILES string of the molecule is C=C/C=C\c1nc(CN(CCCNC(=O)c2cnccn2)C2CCCc3cccnc32)[nH]c1C. The Hall–Kier alpha value is -3.65. The Morgan fingerprint density at radius 2 is 2.24 bits per heavy atom. The molecule has 0 radical (unpaired) electrons. The number of nitrogens with one attached hydrogen (secondary N) is 2. The van der Waals surface area contributed by atoms with Gasteiger partial charge >= 0.3 is 0 Å². The first-order valence-electron chi connectivity index (χ1n) is 11.7. The minimum atomic E-state index is -0.204. The maximum absolute atomic E-state index is 12.3. The monoisotopic (exact) mass is 457 g/mol. The van der Waals surface area contributed by atoms with Gasteiger partial charge in [0.25, 0.3) is 5.91 Å². The molecule has 0 bridgehead atoms. The molecule has 1 unspecified atom stereocenters. The van der Waals surface area contributed by atoms with Crippen molar-refractivity contribution in [3.05, 3.63) is 89.8 Å². The lowest BCUT2D eigenvalue weighted by atomic mass is 9.90. The van der Waals surface area contributed by atoms with Gasteiger partial charge in [0.15, 0.2) is 0 Å². The van der Waals surface area contributed by atoms with Gasteiger partial charge in [0.1, 0.15) is 11.5 Å². The molecule has 176 valence electrons. The molecular formula is C26H31N7O. The van der Waals surface area contributed by atoms with Crippen molar-refractivity contribution >= 4 is 12.0 Å². The smallest absolute Gasteiger partial charge is 0.271 e. The van der Waals surface area contributed by atoms with Crippen LogP contribution in [-0.4, -0.2) is 48.8 Å². The van der Waals surface area contributed by atoms with E-state index in [1.165, 1.54) is 18.0 Å². The third kappa shape index (κ3) is 5.82. The molecule has 3 aromatic rings. The Bertz CT molecular complexity index is 1140. The maximum atomic E-state index is 12.3. The zero-order valence-electron chi connectivity index (χ0n) is 19.6. The van der Waals surface area contributed by atoms with Crippen molar-refractivity contribution in [3.63, 3.8) is 0 Å². The molecule has 3 aromatic heterocycles. The molecule has 2 N–H and O–H groups in total. The van der Waals surface area contributed by atoms with Crippen LogP contribution in [0.25, 0.3) is 6.08 Å². The molecule has 1 atom stereocenters. The van der Waals surface area contributed by atoms with Crippen molar-refractivity contribution < 1.29 is 4.79 Å². The lowest BCUT2D eigenvalue weighted by Crippen LogP contribution is -2.35. The number of aromatic amines is 1. The second-order valence-corrected chi connectivity index (χ2v) is 8.41. The van der Waals surface area contributed by atoms with Gasteiger partial charge in [-0.2, -0.15) is 0 Å². The molecule has 0 aromatic carbocycles. The number of H-pyrrole nitrogens is 1. The van der Waals surface area contributed by atoms with E-state index in [4.69, 9.17) is 9.97 Å². The average molecular weight is 458 g/mol. The van der Waals surface area contributed by atoms with E-state index in [0.717, 1.165) is 55.1 Å². The number of nitrogens with zero attached hydrogens (tertiary/aromatic N) is 5. The summed E-state index contributed by atoms with van der Waals surface area (Å²) in [5, 5.41) is 2.95. The summed E-state index contributed by atoms with van der Waals surface area (Å²) in [6, 6.07) is 4.42. The summed E-state index contributed by atoms with van der Waals surface area (Å²) in [7, 11) is 0. The molecule has 1 aliphatic rings. The molecule has 1 amide bonds. The first-order chi connectivity index (χ1) is 16.7. The summed E-state index contributed by atoms with van der Waals surface area (Å²) in [5.41, 5.74) is 4.77. The molecule has 34 heavy (non-hydrogen) atoms. The Morgan fingerprint density at radius 3 is 3.06 bits per heavy atom. The number of pyridine rings is 1. The maximum Gasteiger partial charge on any atom is 0.271 e. The zero-order chi connectivity index (χ0) is 23.8. The molecule has 0 spiro atoms. The number of amides is 1. The second kappa shape index (κ2) is 11.5. The van der Waals surface area contributed by atoms with Gasteiger partial charge in [-0.25, -0.2) is 9.97 Å². The van der Waals surface area contributed by atoms with E-state index in [1.54, 1.807) is 12.3 Å². The van der Waals surface area contributed by atoms with Crippen molar-refractivity contribution in [2.45, 2.75) is 45.2 Å². The van der Waals surface area contributed by atoms with Gasteiger partial charge in [0, 0.05) is 37.4 Å². The largest absolute Gasteiger partial charge is 0.351 e.